The number of hydrogen-bond acceptors (Lipinski definition) is 5. The van der Waals surface area contributed by atoms with Gasteiger partial charge in [-0.1, -0.05) is 18.2 Å². The number of hydrogen-bond donors (Lipinski definition) is 1. The lowest BCUT2D eigenvalue weighted by atomic mass is 10.1. The summed E-state index contributed by atoms with van der Waals surface area (Å²) in [5, 5.41) is 12.9. The zero-order valence-electron chi connectivity index (χ0n) is 12.7. The largest absolute Gasteiger partial charge is 0.455 e. The number of nitrogens with zero attached hydrogens (tertiary/aromatic N) is 1. The molecular weight excluding hydrogens is 338 g/mol. The van der Waals surface area contributed by atoms with Crippen LogP contribution < -0.4 is 5.32 Å². The van der Waals surface area contributed by atoms with E-state index >= 15 is 0 Å². The molecule has 0 saturated heterocycles. The lowest BCUT2D eigenvalue weighted by Gasteiger charge is -2.08. The number of anilines is 1. The fourth-order valence-electron chi connectivity index (χ4n) is 1.97. The first-order valence-corrected chi connectivity index (χ1v) is 6.99. The van der Waals surface area contributed by atoms with Crippen LogP contribution in [-0.2, 0) is 20.7 Å². The number of esters is 1. The second-order valence-electron chi connectivity index (χ2n) is 4.90. The maximum atomic E-state index is 13.4. The number of carbonyl (C=O) groups is 2. The molecule has 0 fully saturated rings. The third kappa shape index (κ3) is 5.06. The van der Waals surface area contributed by atoms with Crippen molar-refractivity contribution in [3.8, 4) is 0 Å². The second kappa shape index (κ2) is 7.95. The van der Waals surface area contributed by atoms with Crippen molar-refractivity contribution in [2.75, 3.05) is 11.9 Å². The molecule has 0 aromatic heterocycles. The van der Waals surface area contributed by atoms with Crippen LogP contribution in [0.4, 0.5) is 20.2 Å². The van der Waals surface area contributed by atoms with Crippen molar-refractivity contribution in [1.29, 1.82) is 0 Å². The summed E-state index contributed by atoms with van der Waals surface area (Å²) in [6.45, 7) is -0.741. The van der Waals surface area contributed by atoms with E-state index in [0.29, 0.717) is 0 Å². The summed E-state index contributed by atoms with van der Waals surface area (Å²) in [5.41, 5.74) is -0.500. The van der Waals surface area contributed by atoms with Gasteiger partial charge in [-0.05, 0) is 12.1 Å². The Morgan fingerprint density at radius 1 is 1.16 bits per heavy atom. The quantitative estimate of drug-likeness (QED) is 0.490. The van der Waals surface area contributed by atoms with Gasteiger partial charge in [-0.3, -0.25) is 19.7 Å². The molecule has 0 bridgehead atoms. The molecular formula is C16H12F2N2O5. The molecule has 0 heterocycles. The predicted molar refractivity (Wildman–Crippen MR) is 82.7 cm³/mol. The van der Waals surface area contributed by atoms with Crippen molar-refractivity contribution < 1.29 is 28.0 Å². The van der Waals surface area contributed by atoms with Crippen molar-refractivity contribution in [3.05, 3.63) is 69.8 Å². The number of nitro groups is 1. The number of carbonyl (C=O) groups excluding carboxylic acids is 2. The van der Waals surface area contributed by atoms with Gasteiger partial charge in [-0.25, -0.2) is 8.78 Å². The standard InChI is InChI=1S/C16H12F2N2O5/c17-11-5-6-12(18)13(8-11)19-15(21)9-25-16(22)7-10-3-1-2-4-14(10)20(23)24/h1-6,8H,7,9H2,(H,19,21). The van der Waals surface area contributed by atoms with Gasteiger partial charge in [0.25, 0.3) is 11.6 Å². The Bertz CT molecular complexity index is 826. The summed E-state index contributed by atoms with van der Waals surface area (Å²) in [4.78, 5) is 33.5. The molecule has 2 aromatic carbocycles. The molecule has 0 atom stereocenters. The van der Waals surface area contributed by atoms with E-state index in [1.807, 2.05) is 0 Å². The third-order valence-electron chi connectivity index (χ3n) is 3.09. The third-order valence-corrected chi connectivity index (χ3v) is 3.09. The fraction of sp³-hybridized carbons (Fsp3) is 0.125. The molecule has 2 aromatic rings. The van der Waals surface area contributed by atoms with E-state index in [4.69, 9.17) is 4.74 Å². The van der Waals surface area contributed by atoms with E-state index in [1.54, 1.807) is 0 Å². The van der Waals surface area contributed by atoms with Gasteiger partial charge in [0.2, 0.25) is 0 Å². The molecule has 2 rings (SSSR count). The van der Waals surface area contributed by atoms with E-state index in [2.05, 4.69) is 5.32 Å². The van der Waals surface area contributed by atoms with E-state index < -0.39 is 41.5 Å². The van der Waals surface area contributed by atoms with Crippen LogP contribution in [-0.4, -0.2) is 23.4 Å². The van der Waals surface area contributed by atoms with Crippen LogP contribution in [0.5, 0.6) is 0 Å². The monoisotopic (exact) mass is 350 g/mol. The molecule has 1 N–H and O–H groups in total. The summed E-state index contributed by atoms with van der Waals surface area (Å²) in [5.74, 6) is -3.34. The van der Waals surface area contributed by atoms with Gasteiger partial charge in [0, 0.05) is 17.7 Å². The summed E-state index contributed by atoms with van der Waals surface area (Å²) >= 11 is 0. The molecule has 0 saturated carbocycles. The van der Waals surface area contributed by atoms with Gasteiger partial charge in [0.15, 0.2) is 6.61 Å². The molecule has 130 valence electrons. The Morgan fingerprint density at radius 3 is 2.60 bits per heavy atom. The molecule has 0 spiro atoms. The number of nitrogens with one attached hydrogen (secondary N) is 1. The summed E-state index contributed by atoms with van der Waals surface area (Å²) in [7, 11) is 0. The minimum Gasteiger partial charge on any atom is -0.455 e. The minimum atomic E-state index is -0.875. The van der Waals surface area contributed by atoms with Crippen LogP contribution >= 0.6 is 0 Å². The van der Waals surface area contributed by atoms with Crippen molar-refractivity contribution >= 4 is 23.3 Å². The number of nitro benzene ring substituents is 1. The molecule has 1 amide bonds. The lowest BCUT2D eigenvalue weighted by Crippen LogP contribution is -2.22. The first kappa shape index (κ1) is 18.0. The highest BCUT2D eigenvalue weighted by Crippen LogP contribution is 2.18. The van der Waals surface area contributed by atoms with Crippen LogP contribution in [0.3, 0.4) is 0 Å². The van der Waals surface area contributed by atoms with Crippen molar-refractivity contribution in [1.82, 2.24) is 0 Å². The number of benzene rings is 2. The predicted octanol–water partition coefficient (Wildman–Crippen LogP) is 2.60. The summed E-state index contributed by atoms with van der Waals surface area (Å²) in [6.07, 6.45) is -0.404. The fourth-order valence-corrected chi connectivity index (χ4v) is 1.97. The maximum Gasteiger partial charge on any atom is 0.311 e. The number of para-hydroxylation sites is 1. The molecule has 0 aliphatic heterocycles. The Kier molecular flexibility index (Phi) is 5.72. The normalized spacial score (nSPS) is 10.2. The highest BCUT2D eigenvalue weighted by Gasteiger charge is 2.17. The highest BCUT2D eigenvalue weighted by atomic mass is 19.1. The van der Waals surface area contributed by atoms with Crippen LogP contribution in [0.25, 0.3) is 0 Å². The van der Waals surface area contributed by atoms with Gasteiger partial charge in [0.1, 0.15) is 11.6 Å². The molecule has 9 heteroatoms. The average molecular weight is 350 g/mol. The molecule has 0 aliphatic rings. The van der Waals surface area contributed by atoms with Gasteiger partial charge >= 0.3 is 5.97 Å². The zero-order valence-corrected chi connectivity index (χ0v) is 12.7. The highest BCUT2D eigenvalue weighted by molar-refractivity contribution is 5.93. The number of halogens is 2. The Labute approximate surface area is 140 Å². The Morgan fingerprint density at radius 2 is 1.88 bits per heavy atom. The van der Waals surface area contributed by atoms with Crippen molar-refractivity contribution in [2.24, 2.45) is 0 Å². The van der Waals surface area contributed by atoms with Crippen molar-refractivity contribution in [3.63, 3.8) is 0 Å². The van der Waals surface area contributed by atoms with Crippen LogP contribution in [0, 0.1) is 21.7 Å². The Balaban J connectivity index is 1.91. The molecule has 0 aliphatic carbocycles. The second-order valence-corrected chi connectivity index (χ2v) is 4.90. The molecule has 0 unspecified atom stereocenters. The summed E-state index contributed by atoms with van der Waals surface area (Å²) < 4.78 is 31.1. The number of ether oxygens (including phenoxy) is 1. The van der Waals surface area contributed by atoms with E-state index in [0.717, 1.165) is 18.2 Å². The van der Waals surface area contributed by atoms with Gasteiger partial charge in [0.05, 0.1) is 17.0 Å². The topological polar surface area (TPSA) is 98.5 Å². The summed E-state index contributed by atoms with van der Waals surface area (Å²) in [6, 6.07) is 8.11. The Hall–Kier alpha value is -3.36. The average Bonchev–Trinajstić information content (AvgIpc) is 2.56. The minimum absolute atomic E-state index is 0.133. The van der Waals surface area contributed by atoms with Crippen LogP contribution in [0.1, 0.15) is 5.56 Å². The van der Waals surface area contributed by atoms with Gasteiger partial charge < -0.3 is 10.1 Å². The van der Waals surface area contributed by atoms with Crippen LogP contribution in [0.2, 0.25) is 0 Å². The smallest absolute Gasteiger partial charge is 0.311 e. The molecule has 25 heavy (non-hydrogen) atoms. The van der Waals surface area contributed by atoms with Crippen LogP contribution in [0.15, 0.2) is 42.5 Å². The maximum absolute atomic E-state index is 13.4. The first-order valence-electron chi connectivity index (χ1n) is 6.99. The first-order chi connectivity index (χ1) is 11.9. The van der Waals surface area contributed by atoms with E-state index in [-0.39, 0.29) is 16.9 Å². The number of amides is 1. The number of rotatable bonds is 6. The molecule has 0 radical (unpaired) electrons. The SMILES string of the molecule is O=C(COC(=O)Cc1ccccc1[N+](=O)[O-])Nc1cc(F)ccc1F. The molecule has 7 nitrogen and oxygen atoms in total. The van der Waals surface area contributed by atoms with Crippen molar-refractivity contribution in [2.45, 2.75) is 6.42 Å². The van der Waals surface area contributed by atoms with Gasteiger partial charge in [-0.2, -0.15) is 0 Å². The van der Waals surface area contributed by atoms with E-state index in [9.17, 15) is 28.5 Å². The zero-order chi connectivity index (χ0) is 18.4. The lowest BCUT2D eigenvalue weighted by molar-refractivity contribution is -0.385. The van der Waals surface area contributed by atoms with Gasteiger partial charge in [-0.15, -0.1) is 0 Å². The van der Waals surface area contributed by atoms with E-state index in [1.165, 1.54) is 24.3 Å².